The van der Waals surface area contributed by atoms with Crippen LogP contribution in [0, 0.1) is 0 Å². The first-order chi connectivity index (χ1) is 8.34. The molecule has 0 aromatic heterocycles. The Balaban J connectivity index is 2.73. The lowest BCUT2D eigenvalue weighted by molar-refractivity contribution is -0.137. The number of rotatable bonds is 3. The van der Waals surface area contributed by atoms with Gasteiger partial charge in [0, 0.05) is 13.6 Å². The van der Waals surface area contributed by atoms with E-state index in [1.165, 1.54) is 23.1 Å². The summed E-state index contributed by atoms with van der Waals surface area (Å²) in [7, 11) is 1.60. The summed E-state index contributed by atoms with van der Waals surface area (Å²) in [6.45, 7) is 2.01. The number of allylic oxidation sites excluding steroid dienone is 1. The molecule has 0 saturated carbocycles. The van der Waals surface area contributed by atoms with Crippen molar-refractivity contribution in [3.8, 4) is 0 Å². The highest BCUT2D eigenvalue weighted by molar-refractivity contribution is 5.87. The zero-order valence-electron chi connectivity index (χ0n) is 10.2. The first-order valence-electron chi connectivity index (χ1n) is 5.38. The number of benzene rings is 1. The standard InChI is InChI=1S/C13H14F3NO/c1-3-4-12(18)17(2)9-10-5-7-11(8-6-10)13(14,15)16/h3-8H,9H2,1-2H3/b4-3+. The molecule has 0 unspecified atom stereocenters. The fourth-order valence-corrected chi connectivity index (χ4v) is 1.42. The molecule has 1 rings (SSSR count). The van der Waals surface area contributed by atoms with Gasteiger partial charge < -0.3 is 4.90 Å². The summed E-state index contributed by atoms with van der Waals surface area (Å²) in [6, 6.07) is 4.79. The molecule has 0 spiro atoms. The van der Waals surface area contributed by atoms with Gasteiger partial charge in [0.1, 0.15) is 0 Å². The Bertz CT molecular complexity index is 435. The molecule has 0 aliphatic heterocycles. The summed E-state index contributed by atoms with van der Waals surface area (Å²) in [5.74, 6) is -0.183. The maximum Gasteiger partial charge on any atom is 0.416 e. The fourth-order valence-electron chi connectivity index (χ4n) is 1.42. The van der Waals surface area contributed by atoms with E-state index in [1.54, 1.807) is 20.0 Å². The largest absolute Gasteiger partial charge is 0.416 e. The third-order valence-electron chi connectivity index (χ3n) is 2.39. The van der Waals surface area contributed by atoms with Crippen LogP contribution >= 0.6 is 0 Å². The normalized spacial score (nSPS) is 11.8. The average Bonchev–Trinajstić information content (AvgIpc) is 2.28. The van der Waals surface area contributed by atoms with Gasteiger partial charge in [-0.1, -0.05) is 18.2 Å². The van der Waals surface area contributed by atoms with Gasteiger partial charge in [-0.15, -0.1) is 0 Å². The minimum Gasteiger partial charge on any atom is -0.338 e. The molecule has 0 fully saturated rings. The molecular formula is C13H14F3NO. The molecule has 0 N–H and O–H groups in total. The van der Waals surface area contributed by atoms with Gasteiger partial charge in [-0.05, 0) is 30.7 Å². The number of halogens is 3. The highest BCUT2D eigenvalue weighted by Gasteiger charge is 2.29. The number of alkyl halides is 3. The topological polar surface area (TPSA) is 20.3 Å². The van der Waals surface area contributed by atoms with E-state index in [0.29, 0.717) is 5.56 Å². The van der Waals surface area contributed by atoms with Crippen LogP contribution in [0.2, 0.25) is 0 Å². The van der Waals surface area contributed by atoms with E-state index in [1.807, 2.05) is 0 Å². The molecule has 0 radical (unpaired) electrons. The minimum absolute atomic E-state index is 0.183. The predicted octanol–water partition coefficient (Wildman–Crippen LogP) is 3.24. The summed E-state index contributed by atoms with van der Waals surface area (Å²) in [5.41, 5.74) is -0.0305. The molecule has 98 valence electrons. The van der Waals surface area contributed by atoms with Gasteiger partial charge in [0.25, 0.3) is 0 Å². The van der Waals surface area contributed by atoms with Crippen molar-refractivity contribution in [3.05, 3.63) is 47.5 Å². The molecule has 0 heterocycles. The lowest BCUT2D eigenvalue weighted by Crippen LogP contribution is -2.24. The van der Waals surface area contributed by atoms with Gasteiger partial charge in [-0.25, -0.2) is 0 Å². The van der Waals surface area contributed by atoms with E-state index in [9.17, 15) is 18.0 Å². The Morgan fingerprint density at radius 2 is 1.83 bits per heavy atom. The molecule has 18 heavy (non-hydrogen) atoms. The second kappa shape index (κ2) is 5.71. The Labute approximate surface area is 104 Å². The smallest absolute Gasteiger partial charge is 0.338 e. The van der Waals surface area contributed by atoms with Crippen LogP contribution in [-0.2, 0) is 17.5 Å². The minimum atomic E-state index is -4.33. The van der Waals surface area contributed by atoms with E-state index in [4.69, 9.17) is 0 Å². The summed E-state index contributed by atoms with van der Waals surface area (Å²) >= 11 is 0. The van der Waals surface area contributed by atoms with Gasteiger partial charge in [-0.3, -0.25) is 4.79 Å². The number of hydrogen-bond acceptors (Lipinski definition) is 1. The monoisotopic (exact) mass is 257 g/mol. The van der Waals surface area contributed by atoms with E-state index in [2.05, 4.69) is 0 Å². The van der Waals surface area contributed by atoms with E-state index < -0.39 is 11.7 Å². The molecule has 0 aliphatic carbocycles. The second-order valence-electron chi connectivity index (χ2n) is 3.89. The summed E-state index contributed by atoms with van der Waals surface area (Å²) in [5, 5.41) is 0. The Kier molecular flexibility index (Phi) is 4.53. The Morgan fingerprint density at radius 3 is 2.28 bits per heavy atom. The van der Waals surface area contributed by atoms with Crippen LogP contribution in [0.5, 0.6) is 0 Å². The average molecular weight is 257 g/mol. The number of nitrogens with zero attached hydrogens (tertiary/aromatic N) is 1. The third-order valence-corrected chi connectivity index (χ3v) is 2.39. The van der Waals surface area contributed by atoms with Crippen molar-refractivity contribution in [2.24, 2.45) is 0 Å². The van der Waals surface area contributed by atoms with E-state index in [-0.39, 0.29) is 12.5 Å². The van der Waals surface area contributed by atoms with E-state index in [0.717, 1.165) is 12.1 Å². The zero-order valence-corrected chi connectivity index (χ0v) is 10.2. The SMILES string of the molecule is C/C=C/C(=O)N(C)Cc1ccc(C(F)(F)F)cc1. The van der Waals surface area contributed by atoms with Crippen molar-refractivity contribution >= 4 is 5.91 Å². The number of carbonyl (C=O) groups is 1. The Morgan fingerprint density at radius 1 is 1.28 bits per heavy atom. The number of hydrogen-bond donors (Lipinski definition) is 0. The number of carbonyl (C=O) groups excluding carboxylic acids is 1. The molecule has 0 atom stereocenters. The second-order valence-corrected chi connectivity index (χ2v) is 3.89. The molecule has 1 amide bonds. The van der Waals surface area contributed by atoms with Gasteiger partial charge in [0.15, 0.2) is 0 Å². The number of amides is 1. The molecular weight excluding hydrogens is 243 g/mol. The summed E-state index contributed by atoms with van der Waals surface area (Å²) < 4.78 is 37.0. The van der Waals surface area contributed by atoms with Crippen LogP contribution in [0.1, 0.15) is 18.1 Å². The van der Waals surface area contributed by atoms with Gasteiger partial charge >= 0.3 is 6.18 Å². The molecule has 5 heteroatoms. The van der Waals surface area contributed by atoms with Crippen LogP contribution < -0.4 is 0 Å². The lowest BCUT2D eigenvalue weighted by atomic mass is 10.1. The van der Waals surface area contributed by atoms with Crippen molar-refractivity contribution in [1.82, 2.24) is 4.90 Å². The highest BCUT2D eigenvalue weighted by Crippen LogP contribution is 2.29. The maximum atomic E-state index is 12.3. The summed E-state index contributed by atoms with van der Waals surface area (Å²) in [4.78, 5) is 12.9. The van der Waals surface area contributed by atoms with Gasteiger partial charge in [-0.2, -0.15) is 13.2 Å². The lowest BCUT2D eigenvalue weighted by Gasteiger charge is -2.15. The number of likely N-dealkylation sites (N-methyl/N-ethyl adjacent to an activating group) is 1. The van der Waals surface area contributed by atoms with Crippen molar-refractivity contribution in [1.29, 1.82) is 0 Å². The van der Waals surface area contributed by atoms with Crippen LogP contribution in [0.15, 0.2) is 36.4 Å². The zero-order chi connectivity index (χ0) is 13.8. The summed E-state index contributed by atoms with van der Waals surface area (Å²) in [6.07, 6.45) is -1.30. The molecule has 0 bridgehead atoms. The quantitative estimate of drug-likeness (QED) is 0.761. The van der Waals surface area contributed by atoms with Crippen LogP contribution in [-0.4, -0.2) is 17.9 Å². The third kappa shape index (κ3) is 3.91. The van der Waals surface area contributed by atoms with Gasteiger partial charge in [0.2, 0.25) is 5.91 Å². The van der Waals surface area contributed by atoms with Crippen molar-refractivity contribution in [3.63, 3.8) is 0 Å². The first kappa shape index (κ1) is 14.3. The van der Waals surface area contributed by atoms with Crippen LogP contribution in [0.4, 0.5) is 13.2 Å². The van der Waals surface area contributed by atoms with E-state index >= 15 is 0 Å². The molecule has 1 aromatic rings. The first-order valence-corrected chi connectivity index (χ1v) is 5.38. The molecule has 0 aliphatic rings. The molecule has 2 nitrogen and oxygen atoms in total. The van der Waals surface area contributed by atoms with Crippen molar-refractivity contribution in [2.45, 2.75) is 19.6 Å². The van der Waals surface area contributed by atoms with Crippen molar-refractivity contribution < 1.29 is 18.0 Å². The van der Waals surface area contributed by atoms with Crippen LogP contribution in [0.25, 0.3) is 0 Å². The predicted molar refractivity (Wildman–Crippen MR) is 62.7 cm³/mol. The van der Waals surface area contributed by atoms with Crippen molar-refractivity contribution in [2.75, 3.05) is 7.05 Å². The van der Waals surface area contributed by atoms with Crippen LogP contribution in [0.3, 0.4) is 0 Å². The Hall–Kier alpha value is -1.78. The highest BCUT2D eigenvalue weighted by atomic mass is 19.4. The molecule has 1 aromatic carbocycles. The molecule has 0 saturated heterocycles. The maximum absolute atomic E-state index is 12.3. The fraction of sp³-hybridized carbons (Fsp3) is 0.308. The van der Waals surface area contributed by atoms with Gasteiger partial charge in [0.05, 0.1) is 5.56 Å².